The highest BCUT2D eigenvalue weighted by atomic mass is 32.1. The molecular formula is C17H26N2O3S. The summed E-state index contributed by atoms with van der Waals surface area (Å²) in [6.45, 7) is 8.93. The minimum Gasteiger partial charge on any atom is -0.372 e. The van der Waals surface area contributed by atoms with Gasteiger partial charge in [-0.05, 0) is 51.1 Å². The Hall–Kier alpha value is -1.40. The van der Waals surface area contributed by atoms with E-state index in [1.54, 1.807) is 16.2 Å². The Kier molecular flexibility index (Phi) is 5.81. The molecule has 1 aromatic rings. The first-order valence-electron chi connectivity index (χ1n) is 8.07. The van der Waals surface area contributed by atoms with E-state index in [1.807, 2.05) is 33.1 Å². The van der Waals surface area contributed by atoms with Gasteiger partial charge < -0.3 is 15.0 Å². The Labute approximate surface area is 142 Å². The third kappa shape index (κ3) is 5.04. The first kappa shape index (κ1) is 17.9. The van der Waals surface area contributed by atoms with E-state index in [4.69, 9.17) is 4.74 Å². The van der Waals surface area contributed by atoms with Crippen LogP contribution in [0.15, 0.2) is 11.4 Å². The third-order valence-electron chi connectivity index (χ3n) is 3.71. The maximum absolute atomic E-state index is 12.5. The van der Waals surface area contributed by atoms with Crippen molar-refractivity contribution in [2.45, 2.75) is 52.2 Å². The highest BCUT2D eigenvalue weighted by molar-refractivity contribution is 7.10. The number of rotatable bonds is 5. The lowest BCUT2D eigenvalue weighted by molar-refractivity contribution is -0.138. The fourth-order valence-electron chi connectivity index (χ4n) is 2.67. The van der Waals surface area contributed by atoms with E-state index in [2.05, 4.69) is 11.4 Å². The van der Waals surface area contributed by atoms with Crippen LogP contribution in [-0.4, -0.2) is 41.9 Å². The van der Waals surface area contributed by atoms with Crippen molar-refractivity contribution in [2.75, 3.05) is 19.7 Å². The van der Waals surface area contributed by atoms with E-state index < -0.39 is 0 Å². The summed E-state index contributed by atoms with van der Waals surface area (Å²) < 4.78 is 5.78. The van der Waals surface area contributed by atoms with E-state index in [0.717, 1.165) is 11.3 Å². The van der Waals surface area contributed by atoms with Crippen LogP contribution in [0.1, 0.15) is 50.7 Å². The van der Waals surface area contributed by atoms with Crippen molar-refractivity contribution in [1.29, 1.82) is 0 Å². The van der Waals surface area contributed by atoms with Gasteiger partial charge in [0.15, 0.2) is 0 Å². The summed E-state index contributed by atoms with van der Waals surface area (Å²) in [6, 6.07) is 2.11. The second-order valence-electron chi connectivity index (χ2n) is 6.83. The molecule has 0 radical (unpaired) electrons. The first-order chi connectivity index (χ1) is 10.8. The van der Waals surface area contributed by atoms with Crippen molar-refractivity contribution >= 4 is 23.2 Å². The number of carbonyl (C=O) groups excluding carboxylic acids is 2. The van der Waals surface area contributed by atoms with E-state index in [1.165, 1.54) is 5.56 Å². The molecule has 2 rings (SSSR count). The second-order valence-corrected chi connectivity index (χ2v) is 7.78. The number of ether oxygens (including phenoxy) is 1. The van der Waals surface area contributed by atoms with Crippen LogP contribution in [-0.2, 0) is 20.7 Å². The monoisotopic (exact) mass is 338 g/mol. The van der Waals surface area contributed by atoms with Crippen LogP contribution in [0.25, 0.3) is 0 Å². The predicted octanol–water partition coefficient (Wildman–Crippen LogP) is 2.52. The molecule has 0 saturated heterocycles. The van der Waals surface area contributed by atoms with Gasteiger partial charge in [-0.2, -0.15) is 0 Å². The Bertz CT molecular complexity index is 562. The predicted molar refractivity (Wildman–Crippen MR) is 91.5 cm³/mol. The largest absolute Gasteiger partial charge is 0.372 e. The maximum Gasteiger partial charge on any atom is 0.240 e. The van der Waals surface area contributed by atoms with Crippen LogP contribution in [0, 0.1) is 0 Å². The van der Waals surface area contributed by atoms with Gasteiger partial charge in [-0.15, -0.1) is 11.3 Å². The maximum atomic E-state index is 12.5. The van der Waals surface area contributed by atoms with Gasteiger partial charge in [0.2, 0.25) is 11.8 Å². The molecule has 1 unspecified atom stereocenters. The molecule has 5 nitrogen and oxygen atoms in total. The van der Waals surface area contributed by atoms with Crippen molar-refractivity contribution < 1.29 is 14.3 Å². The quantitative estimate of drug-likeness (QED) is 0.897. The number of likely N-dealkylation sites (N-methyl/N-ethyl adjacent to an activating group) is 1. The summed E-state index contributed by atoms with van der Waals surface area (Å²) in [6.07, 6.45) is 1.03. The van der Waals surface area contributed by atoms with Gasteiger partial charge in [0.25, 0.3) is 0 Å². The van der Waals surface area contributed by atoms with E-state index >= 15 is 0 Å². The van der Waals surface area contributed by atoms with E-state index in [0.29, 0.717) is 19.6 Å². The molecule has 1 aromatic heterocycles. The number of amides is 2. The zero-order valence-electron chi connectivity index (χ0n) is 14.3. The third-order valence-corrected chi connectivity index (χ3v) is 4.76. The Morgan fingerprint density at radius 2 is 2.17 bits per heavy atom. The minimum absolute atomic E-state index is 0.0391. The average molecular weight is 338 g/mol. The molecule has 1 aliphatic heterocycles. The summed E-state index contributed by atoms with van der Waals surface area (Å²) in [5.41, 5.74) is 0.991. The van der Waals surface area contributed by atoms with Crippen LogP contribution < -0.4 is 5.32 Å². The van der Waals surface area contributed by atoms with Crippen LogP contribution in [0.5, 0.6) is 0 Å². The molecule has 2 heterocycles. The van der Waals surface area contributed by atoms with Gasteiger partial charge >= 0.3 is 0 Å². The van der Waals surface area contributed by atoms with Gasteiger partial charge in [-0.25, -0.2) is 0 Å². The molecule has 0 bridgehead atoms. The average Bonchev–Trinajstić information content (AvgIpc) is 2.92. The molecule has 1 N–H and O–H groups in total. The van der Waals surface area contributed by atoms with Crippen molar-refractivity contribution in [3.05, 3.63) is 21.9 Å². The molecule has 23 heavy (non-hydrogen) atoms. The molecule has 6 heteroatoms. The number of fused-ring (bicyclic) bond motifs is 1. The highest BCUT2D eigenvalue weighted by Crippen LogP contribution is 2.34. The van der Waals surface area contributed by atoms with Crippen LogP contribution >= 0.6 is 11.3 Å². The number of hydrogen-bond donors (Lipinski definition) is 1. The number of carbonyl (C=O) groups is 2. The molecule has 2 amide bonds. The van der Waals surface area contributed by atoms with Crippen molar-refractivity contribution in [3.8, 4) is 0 Å². The molecule has 0 aromatic carbocycles. The van der Waals surface area contributed by atoms with Crippen LogP contribution in [0.2, 0.25) is 0 Å². The highest BCUT2D eigenvalue weighted by Gasteiger charge is 2.27. The van der Waals surface area contributed by atoms with E-state index in [-0.39, 0.29) is 30.0 Å². The number of nitrogens with one attached hydrogen (secondary N) is 1. The van der Waals surface area contributed by atoms with Gasteiger partial charge in [0, 0.05) is 17.0 Å². The summed E-state index contributed by atoms with van der Waals surface area (Å²) in [5.74, 6) is -0.170. The zero-order valence-corrected chi connectivity index (χ0v) is 15.2. The molecule has 0 saturated carbocycles. The van der Waals surface area contributed by atoms with E-state index in [9.17, 15) is 9.59 Å². The fraction of sp³-hybridized carbons (Fsp3) is 0.647. The number of hydrogen-bond acceptors (Lipinski definition) is 4. The molecule has 1 aliphatic rings. The lowest BCUT2D eigenvalue weighted by Crippen LogP contribution is -2.47. The first-order valence-corrected chi connectivity index (χ1v) is 8.94. The Balaban J connectivity index is 1.95. The normalized spacial score (nSPS) is 17.5. The smallest absolute Gasteiger partial charge is 0.240 e. The van der Waals surface area contributed by atoms with Crippen LogP contribution in [0.3, 0.4) is 0 Å². The topological polar surface area (TPSA) is 58.6 Å². The molecule has 0 aliphatic carbocycles. The second kappa shape index (κ2) is 7.45. The fourth-order valence-corrected chi connectivity index (χ4v) is 3.67. The molecular weight excluding hydrogens is 312 g/mol. The molecule has 128 valence electrons. The number of thiophene rings is 1. The lowest BCUT2D eigenvalue weighted by atomic mass is 10.0. The zero-order chi connectivity index (χ0) is 17.0. The number of nitrogens with zero attached hydrogens (tertiary/aromatic N) is 1. The van der Waals surface area contributed by atoms with Crippen molar-refractivity contribution in [2.24, 2.45) is 0 Å². The summed E-state index contributed by atoms with van der Waals surface area (Å²) in [7, 11) is 0. The summed E-state index contributed by atoms with van der Waals surface area (Å²) in [5, 5.41) is 4.94. The van der Waals surface area contributed by atoms with Gasteiger partial charge in [0.05, 0.1) is 19.6 Å². The summed E-state index contributed by atoms with van der Waals surface area (Å²) in [4.78, 5) is 27.3. The van der Waals surface area contributed by atoms with Crippen LogP contribution in [0.4, 0.5) is 0 Å². The molecule has 0 spiro atoms. The van der Waals surface area contributed by atoms with Gasteiger partial charge in [-0.3, -0.25) is 9.59 Å². The molecule has 0 fully saturated rings. The van der Waals surface area contributed by atoms with Gasteiger partial charge in [0.1, 0.15) is 6.10 Å². The SMILES string of the molecule is CCN(CC(=O)NC(C)(C)C)C(=O)CC1OCCc2ccsc21. The summed E-state index contributed by atoms with van der Waals surface area (Å²) >= 11 is 1.64. The Morgan fingerprint density at radius 1 is 1.43 bits per heavy atom. The Morgan fingerprint density at radius 3 is 2.83 bits per heavy atom. The van der Waals surface area contributed by atoms with Gasteiger partial charge in [-0.1, -0.05) is 0 Å². The lowest BCUT2D eigenvalue weighted by Gasteiger charge is -2.28. The standard InChI is InChI=1S/C17H26N2O3S/c1-5-19(11-14(20)18-17(2,3)4)15(21)10-13-16-12(6-8-22-13)7-9-23-16/h7,9,13H,5-6,8,10-11H2,1-4H3,(H,18,20). The minimum atomic E-state index is -0.294. The van der Waals surface area contributed by atoms with Crippen molar-refractivity contribution in [1.82, 2.24) is 10.2 Å². The van der Waals surface area contributed by atoms with Crippen molar-refractivity contribution in [3.63, 3.8) is 0 Å². The molecule has 1 atom stereocenters.